The van der Waals surface area contributed by atoms with Crippen molar-refractivity contribution in [1.29, 1.82) is 0 Å². The van der Waals surface area contributed by atoms with Crippen molar-refractivity contribution >= 4 is 29.1 Å². The highest BCUT2D eigenvalue weighted by molar-refractivity contribution is 6.51. The van der Waals surface area contributed by atoms with Gasteiger partial charge in [0, 0.05) is 11.3 Å². The van der Waals surface area contributed by atoms with Gasteiger partial charge < -0.3 is 14.9 Å². The van der Waals surface area contributed by atoms with E-state index in [1.165, 1.54) is 4.90 Å². The Kier molecular flexibility index (Phi) is 6.68. The lowest BCUT2D eigenvalue weighted by Gasteiger charge is -2.25. The van der Waals surface area contributed by atoms with Gasteiger partial charge in [0.1, 0.15) is 11.5 Å². The zero-order valence-electron chi connectivity index (χ0n) is 19.4. The molecule has 35 heavy (non-hydrogen) atoms. The number of methoxy groups -OCH3 is 1. The second-order valence-electron chi connectivity index (χ2n) is 8.23. The molecular formula is C28H25NO6. The van der Waals surface area contributed by atoms with Crippen LogP contribution in [0.5, 0.6) is 5.75 Å². The van der Waals surface area contributed by atoms with E-state index in [2.05, 4.69) is 0 Å². The molecule has 0 radical (unpaired) electrons. The van der Waals surface area contributed by atoms with Gasteiger partial charge in [0.05, 0.1) is 25.1 Å². The van der Waals surface area contributed by atoms with E-state index in [1.54, 1.807) is 67.8 Å². The molecule has 1 fully saturated rings. The summed E-state index contributed by atoms with van der Waals surface area (Å²) < 4.78 is 5.24. The third kappa shape index (κ3) is 4.66. The number of aliphatic carboxylic acids is 1. The van der Waals surface area contributed by atoms with Crippen molar-refractivity contribution in [3.8, 4) is 5.75 Å². The van der Waals surface area contributed by atoms with Crippen molar-refractivity contribution in [2.75, 3.05) is 12.0 Å². The fourth-order valence-electron chi connectivity index (χ4n) is 4.20. The topological polar surface area (TPSA) is 104 Å². The first-order valence-electron chi connectivity index (χ1n) is 11.2. The molecule has 4 rings (SSSR count). The first-order valence-corrected chi connectivity index (χ1v) is 11.2. The number of hydrogen-bond acceptors (Lipinski definition) is 5. The number of rotatable bonds is 7. The Hall–Kier alpha value is -4.39. The maximum absolute atomic E-state index is 13.2. The number of ketones is 1. The lowest BCUT2D eigenvalue weighted by Crippen LogP contribution is -2.29. The third-order valence-electron chi connectivity index (χ3n) is 6.08. The minimum Gasteiger partial charge on any atom is -0.507 e. The van der Waals surface area contributed by atoms with Crippen molar-refractivity contribution < 1.29 is 29.3 Å². The van der Waals surface area contributed by atoms with Gasteiger partial charge in [-0.3, -0.25) is 19.3 Å². The molecule has 1 amide bonds. The number of ether oxygens (including phenoxy) is 1. The highest BCUT2D eigenvalue weighted by Crippen LogP contribution is 2.42. The highest BCUT2D eigenvalue weighted by atomic mass is 16.5. The molecule has 0 spiro atoms. The maximum Gasteiger partial charge on any atom is 0.307 e. The van der Waals surface area contributed by atoms with Crippen molar-refractivity contribution in [3.05, 3.63) is 101 Å². The largest absolute Gasteiger partial charge is 0.507 e. The van der Waals surface area contributed by atoms with Gasteiger partial charge in [-0.25, -0.2) is 0 Å². The monoisotopic (exact) mass is 471 g/mol. The number of aliphatic hydroxyl groups is 1. The van der Waals surface area contributed by atoms with Gasteiger partial charge in [-0.2, -0.15) is 0 Å². The number of aliphatic hydroxyl groups excluding tert-OH is 1. The first-order chi connectivity index (χ1) is 16.8. The number of hydrogen-bond donors (Lipinski definition) is 2. The second kappa shape index (κ2) is 9.85. The summed E-state index contributed by atoms with van der Waals surface area (Å²) in [6.45, 7) is 2.02. The predicted molar refractivity (Wildman–Crippen MR) is 131 cm³/mol. The zero-order valence-corrected chi connectivity index (χ0v) is 19.4. The zero-order chi connectivity index (χ0) is 25.1. The Balaban J connectivity index is 1.85. The van der Waals surface area contributed by atoms with Crippen molar-refractivity contribution in [2.45, 2.75) is 25.8 Å². The van der Waals surface area contributed by atoms with Crippen LogP contribution in [-0.4, -0.2) is 35.0 Å². The van der Waals surface area contributed by atoms with Gasteiger partial charge in [-0.1, -0.05) is 55.5 Å². The Morgan fingerprint density at radius 2 is 1.49 bits per heavy atom. The summed E-state index contributed by atoms with van der Waals surface area (Å²) >= 11 is 0. The van der Waals surface area contributed by atoms with Crippen molar-refractivity contribution in [3.63, 3.8) is 0 Å². The van der Waals surface area contributed by atoms with Crippen LogP contribution in [0.3, 0.4) is 0 Å². The number of amides is 1. The summed E-state index contributed by atoms with van der Waals surface area (Å²) in [6.07, 6.45) is 0.671. The number of carboxylic acid groups (broad SMARTS) is 1. The van der Waals surface area contributed by atoms with E-state index in [1.807, 2.05) is 19.1 Å². The molecule has 1 atom stereocenters. The lowest BCUT2D eigenvalue weighted by molar-refractivity contribution is -0.136. The number of benzene rings is 3. The molecule has 7 nitrogen and oxygen atoms in total. The van der Waals surface area contributed by atoms with Gasteiger partial charge in [-0.05, 0) is 47.4 Å². The van der Waals surface area contributed by atoms with E-state index < -0.39 is 23.7 Å². The molecule has 0 bridgehead atoms. The van der Waals surface area contributed by atoms with Gasteiger partial charge in [0.25, 0.3) is 11.7 Å². The molecule has 1 heterocycles. The molecule has 1 unspecified atom stereocenters. The van der Waals surface area contributed by atoms with Crippen LogP contribution in [0.25, 0.3) is 5.76 Å². The van der Waals surface area contributed by atoms with Gasteiger partial charge in [0.15, 0.2) is 0 Å². The predicted octanol–water partition coefficient (Wildman–Crippen LogP) is 4.51. The molecule has 3 aromatic rings. The van der Waals surface area contributed by atoms with Gasteiger partial charge in [0.2, 0.25) is 0 Å². The molecule has 1 saturated heterocycles. The Morgan fingerprint density at radius 1 is 0.886 bits per heavy atom. The van der Waals surface area contributed by atoms with Crippen LogP contribution < -0.4 is 9.64 Å². The highest BCUT2D eigenvalue weighted by Gasteiger charge is 2.47. The fourth-order valence-corrected chi connectivity index (χ4v) is 4.20. The van der Waals surface area contributed by atoms with Crippen LogP contribution in [0.2, 0.25) is 0 Å². The van der Waals surface area contributed by atoms with E-state index in [4.69, 9.17) is 9.84 Å². The molecule has 2 N–H and O–H groups in total. The van der Waals surface area contributed by atoms with E-state index in [0.717, 1.165) is 12.0 Å². The quantitative estimate of drug-likeness (QED) is 0.299. The minimum atomic E-state index is -0.967. The first kappa shape index (κ1) is 23.8. The van der Waals surface area contributed by atoms with E-state index in [0.29, 0.717) is 28.1 Å². The molecule has 0 aliphatic carbocycles. The summed E-state index contributed by atoms with van der Waals surface area (Å²) in [5, 5.41) is 20.2. The standard InChI is InChI=1S/C28H25NO6/c1-3-17-4-8-20(9-5-17)26(32)24-25(19-10-14-22(35-2)15-11-19)29(28(34)27(24)33)21-12-6-18(7-13-21)16-23(30)31/h4-15,25,32H,3,16H2,1-2H3,(H,30,31)/b26-24+. The molecule has 0 saturated carbocycles. The summed E-state index contributed by atoms with van der Waals surface area (Å²) in [7, 11) is 1.54. The lowest BCUT2D eigenvalue weighted by atomic mass is 9.94. The Bertz CT molecular complexity index is 1290. The smallest absolute Gasteiger partial charge is 0.307 e. The Morgan fingerprint density at radius 3 is 2.03 bits per heavy atom. The number of aryl methyl sites for hydroxylation is 1. The molecule has 0 aromatic heterocycles. The van der Waals surface area contributed by atoms with Crippen molar-refractivity contribution in [2.24, 2.45) is 0 Å². The van der Waals surface area contributed by atoms with E-state index in [9.17, 15) is 19.5 Å². The van der Waals surface area contributed by atoms with Crippen molar-refractivity contribution in [1.82, 2.24) is 0 Å². The molecule has 178 valence electrons. The number of carbonyl (C=O) groups excluding carboxylic acids is 2. The van der Waals surface area contributed by atoms with Crippen LogP contribution in [0, 0.1) is 0 Å². The summed E-state index contributed by atoms with van der Waals surface area (Å²) in [5.74, 6) is -2.18. The maximum atomic E-state index is 13.2. The summed E-state index contributed by atoms with van der Waals surface area (Å²) in [6, 6.07) is 19.7. The number of carbonyl (C=O) groups is 3. The number of nitrogens with zero attached hydrogens (tertiary/aromatic N) is 1. The average molecular weight is 472 g/mol. The van der Waals surface area contributed by atoms with Crippen LogP contribution in [0.1, 0.15) is 35.2 Å². The SMILES string of the molecule is CCc1ccc(/C(O)=C2\C(=O)C(=O)N(c3ccc(CC(=O)O)cc3)C2c2ccc(OC)cc2)cc1. The molecule has 3 aromatic carbocycles. The summed E-state index contributed by atoms with van der Waals surface area (Å²) in [5.41, 5.74) is 3.10. The Labute approximate surface area is 202 Å². The molecule has 1 aliphatic rings. The summed E-state index contributed by atoms with van der Waals surface area (Å²) in [4.78, 5) is 38.8. The number of Topliss-reactive ketones (excluding diaryl/α,β-unsaturated/α-hetero) is 1. The normalized spacial score (nSPS) is 17.0. The number of anilines is 1. The van der Waals surface area contributed by atoms with Crippen LogP contribution in [0.4, 0.5) is 5.69 Å². The number of carboxylic acids is 1. The molecular weight excluding hydrogens is 446 g/mol. The molecule has 1 aliphatic heterocycles. The van der Waals surface area contributed by atoms with Gasteiger partial charge in [-0.15, -0.1) is 0 Å². The molecule has 7 heteroatoms. The van der Waals surface area contributed by atoms with Crippen LogP contribution in [0.15, 0.2) is 78.4 Å². The van der Waals surface area contributed by atoms with Gasteiger partial charge >= 0.3 is 5.97 Å². The van der Waals surface area contributed by atoms with Crippen LogP contribution in [-0.2, 0) is 27.2 Å². The van der Waals surface area contributed by atoms with Crippen LogP contribution >= 0.6 is 0 Å². The second-order valence-corrected chi connectivity index (χ2v) is 8.23. The third-order valence-corrected chi connectivity index (χ3v) is 6.08. The average Bonchev–Trinajstić information content (AvgIpc) is 3.14. The van der Waals surface area contributed by atoms with E-state index in [-0.39, 0.29) is 17.8 Å². The minimum absolute atomic E-state index is 0.0148. The fraction of sp³-hybridized carbons (Fsp3) is 0.179. The van der Waals surface area contributed by atoms with E-state index >= 15 is 0 Å².